The van der Waals surface area contributed by atoms with Crippen LogP contribution in [0.5, 0.6) is 0 Å². The van der Waals surface area contributed by atoms with E-state index in [0.29, 0.717) is 0 Å². The lowest BCUT2D eigenvalue weighted by atomic mass is 10.2. The zero-order valence-electron chi connectivity index (χ0n) is 10.0. The average Bonchev–Trinajstić information content (AvgIpc) is 2.84. The summed E-state index contributed by atoms with van der Waals surface area (Å²) >= 11 is 0. The standard InChI is InChI=1S/C13H13N5/c1-14-8-10-9-15-7-6-12(10)18-13-5-3-2-4-11(13)16-17-18/h2-7,9,14H,8H2,1H3. The lowest BCUT2D eigenvalue weighted by Gasteiger charge is -2.08. The van der Waals surface area contributed by atoms with Crippen LogP contribution in [0.2, 0.25) is 0 Å². The number of aromatic nitrogens is 4. The number of para-hydroxylation sites is 1. The fourth-order valence-corrected chi connectivity index (χ4v) is 2.00. The van der Waals surface area contributed by atoms with Crippen LogP contribution in [0.3, 0.4) is 0 Å². The number of benzene rings is 1. The van der Waals surface area contributed by atoms with E-state index in [-0.39, 0.29) is 0 Å². The van der Waals surface area contributed by atoms with Crippen LogP contribution in [0.15, 0.2) is 42.7 Å². The zero-order chi connectivity index (χ0) is 12.4. The molecular weight excluding hydrogens is 226 g/mol. The molecule has 0 aliphatic carbocycles. The zero-order valence-corrected chi connectivity index (χ0v) is 10.0. The average molecular weight is 239 g/mol. The highest BCUT2D eigenvalue weighted by Gasteiger charge is 2.09. The highest BCUT2D eigenvalue weighted by atomic mass is 15.4. The summed E-state index contributed by atoms with van der Waals surface area (Å²) in [7, 11) is 1.91. The molecule has 0 unspecified atom stereocenters. The number of pyridine rings is 1. The lowest BCUT2D eigenvalue weighted by Crippen LogP contribution is -2.10. The Bertz CT molecular complexity index is 674. The van der Waals surface area contributed by atoms with Crippen molar-refractivity contribution in [3.05, 3.63) is 48.3 Å². The fraction of sp³-hybridized carbons (Fsp3) is 0.154. The highest BCUT2D eigenvalue weighted by molar-refractivity contribution is 5.76. The smallest absolute Gasteiger partial charge is 0.113 e. The Kier molecular flexibility index (Phi) is 2.74. The highest BCUT2D eigenvalue weighted by Crippen LogP contribution is 2.18. The van der Waals surface area contributed by atoms with Gasteiger partial charge < -0.3 is 5.32 Å². The molecule has 5 nitrogen and oxygen atoms in total. The summed E-state index contributed by atoms with van der Waals surface area (Å²) in [5.41, 5.74) is 3.99. The Morgan fingerprint density at radius 2 is 2.11 bits per heavy atom. The Morgan fingerprint density at radius 3 is 3.00 bits per heavy atom. The van der Waals surface area contributed by atoms with Crippen molar-refractivity contribution in [3.63, 3.8) is 0 Å². The molecule has 18 heavy (non-hydrogen) atoms. The molecule has 0 amide bonds. The van der Waals surface area contributed by atoms with Crippen molar-refractivity contribution >= 4 is 11.0 Å². The Morgan fingerprint density at radius 1 is 1.22 bits per heavy atom. The van der Waals surface area contributed by atoms with Gasteiger partial charge in [-0.1, -0.05) is 17.3 Å². The molecule has 0 radical (unpaired) electrons. The van der Waals surface area contributed by atoms with Crippen molar-refractivity contribution in [2.24, 2.45) is 0 Å². The molecule has 0 fully saturated rings. The topological polar surface area (TPSA) is 55.6 Å². The summed E-state index contributed by atoms with van der Waals surface area (Å²) in [4.78, 5) is 4.15. The molecule has 0 aliphatic rings. The third kappa shape index (κ3) is 1.74. The molecule has 3 aromatic rings. The van der Waals surface area contributed by atoms with E-state index in [1.165, 1.54) is 0 Å². The number of fused-ring (bicyclic) bond motifs is 1. The third-order valence-corrected chi connectivity index (χ3v) is 2.83. The Hall–Kier alpha value is -2.27. The molecule has 0 spiro atoms. The van der Waals surface area contributed by atoms with E-state index < -0.39 is 0 Å². The molecule has 0 aliphatic heterocycles. The molecule has 0 bridgehead atoms. The van der Waals surface area contributed by atoms with Gasteiger partial charge in [-0.05, 0) is 25.2 Å². The molecule has 2 aromatic heterocycles. The van der Waals surface area contributed by atoms with Crippen molar-refractivity contribution in [1.82, 2.24) is 25.3 Å². The Labute approximate surface area is 104 Å². The molecule has 90 valence electrons. The predicted octanol–water partition coefficient (Wildman–Crippen LogP) is 1.53. The van der Waals surface area contributed by atoms with Gasteiger partial charge >= 0.3 is 0 Å². The molecular formula is C13H13N5. The summed E-state index contributed by atoms with van der Waals surface area (Å²) in [5, 5.41) is 11.5. The van der Waals surface area contributed by atoms with Crippen molar-refractivity contribution in [2.75, 3.05) is 7.05 Å². The van der Waals surface area contributed by atoms with Crippen molar-refractivity contribution in [3.8, 4) is 5.69 Å². The molecule has 0 atom stereocenters. The van der Waals surface area contributed by atoms with E-state index >= 15 is 0 Å². The van der Waals surface area contributed by atoms with Gasteiger partial charge in [0.2, 0.25) is 0 Å². The van der Waals surface area contributed by atoms with Gasteiger partial charge in [-0.2, -0.15) is 0 Å². The quantitative estimate of drug-likeness (QED) is 0.753. The first kappa shape index (κ1) is 10.9. The van der Waals surface area contributed by atoms with Crippen LogP contribution in [0.25, 0.3) is 16.7 Å². The van der Waals surface area contributed by atoms with Crippen LogP contribution in [0.1, 0.15) is 5.56 Å². The van der Waals surface area contributed by atoms with Crippen LogP contribution in [0, 0.1) is 0 Å². The van der Waals surface area contributed by atoms with Crippen LogP contribution in [-0.2, 0) is 6.54 Å². The summed E-state index contributed by atoms with van der Waals surface area (Å²) in [6, 6.07) is 9.87. The van der Waals surface area contributed by atoms with Crippen molar-refractivity contribution in [2.45, 2.75) is 6.54 Å². The van der Waals surface area contributed by atoms with Gasteiger partial charge in [0, 0.05) is 24.5 Å². The molecule has 1 aromatic carbocycles. The fourth-order valence-electron chi connectivity index (χ4n) is 2.00. The molecule has 0 saturated carbocycles. The van der Waals surface area contributed by atoms with Crippen molar-refractivity contribution in [1.29, 1.82) is 0 Å². The second-order valence-corrected chi connectivity index (χ2v) is 4.02. The Balaban J connectivity index is 2.20. The van der Waals surface area contributed by atoms with Gasteiger partial charge in [0.1, 0.15) is 5.52 Å². The number of nitrogens with one attached hydrogen (secondary N) is 1. The minimum atomic E-state index is 0.747. The maximum atomic E-state index is 4.22. The van der Waals surface area contributed by atoms with E-state index in [9.17, 15) is 0 Å². The largest absolute Gasteiger partial charge is 0.316 e. The van der Waals surface area contributed by atoms with Crippen molar-refractivity contribution < 1.29 is 0 Å². The van der Waals surface area contributed by atoms with Gasteiger partial charge in [0.15, 0.2) is 0 Å². The molecule has 0 saturated heterocycles. The first-order chi connectivity index (χ1) is 8.90. The minimum absolute atomic E-state index is 0.747. The van der Waals surface area contributed by atoms with E-state index in [0.717, 1.165) is 28.8 Å². The predicted molar refractivity (Wildman–Crippen MR) is 69.4 cm³/mol. The number of hydrogen-bond acceptors (Lipinski definition) is 4. The summed E-state index contributed by atoms with van der Waals surface area (Å²) in [6.07, 6.45) is 3.62. The van der Waals surface area contributed by atoms with E-state index in [1.54, 1.807) is 6.20 Å². The van der Waals surface area contributed by atoms with Crippen LogP contribution < -0.4 is 5.32 Å². The number of nitrogens with zero attached hydrogens (tertiary/aromatic N) is 4. The first-order valence-corrected chi connectivity index (χ1v) is 5.78. The van der Waals surface area contributed by atoms with E-state index in [2.05, 4.69) is 20.6 Å². The summed E-state index contributed by atoms with van der Waals surface area (Å²) in [6.45, 7) is 0.747. The van der Waals surface area contributed by atoms with Gasteiger partial charge in [-0.15, -0.1) is 5.10 Å². The minimum Gasteiger partial charge on any atom is -0.316 e. The maximum Gasteiger partial charge on any atom is 0.113 e. The molecule has 5 heteroatoms. The van der Waals surface area contributed by atoms with Crippen LogP contribution >= 0.6 is 0 Å². The second-order valence-electron chi connectivity index (χ2n) is 4.02. The first-order valence-electron chi connectivity index (χ1n) is 5.78. The molecule has 1 N–H and O–H groups in total. The lowest BCUT2D eigenvalue weighted by molar-refractivity contribution is 0.770. The summed E-state index contributed by atoms with van der Waals surface area (Å²) in [5.74, 6) is 0. The number of hydrogen-bond donors (Lipinski definition) is 1. The third-order valence-electron chi connectivity index (χ3n) is 2.83. The number of rotatable bonds is 3. The van der Waals surface area contributed by atoms with E-state index in [4.69, 9.17) is 0 Å². The van der Waals surface area contributed by atoms with Crippen LogP contribution in [0.4, 0.5) is 0 Å². The van der Waals surface area contributed by atoms with Gasteiger partial charge in [-0.25, -0.2) is 4.68 Å². The normalized spacial score (nSPS) is 10.9. The van der Waals surface area contributed by atoms with E-state index in [1.807, 2.05) is 48.3 Å². The summed E-state index contributed by atoms with van der Waals surface area (Å²) < 4.78 is 1.85. The van der Waals surface area contributed by atoms with Gasteiger partial charge in [0.05, 0.1) is 11.2 Å². The van der Waals surface area contributed by atoms with Gasteiger partial charge in [0.25, 0.3) is 0 Å². The SMILES string of the molecule is CNCc1cnccc1-n1nnc2ccccc21. The maximum absolute atomic E-state index is 4.22. The molecule has 3 rings (SSSR count). The van der Waals surface area contributed by atoms with Gasteiger partial charge in [-0.3, -0.25) is 4.98 Å². The molecule has 2 heterocycles. The monoisotopic (exact) mass is 239 g/mol. The van der Waals surface area contributed by atoms with Crippen LogP contribution in [-0.4, -0.2) is 27.0 Å². The second kappa shape index (κ2) is 4.54.